The normalized spacial score (nSPS) is 25.8. The molecular weight excluding hydrogens is 316 g/mol. The minimum absolute atomic E-state index is 0.110. The second-order valence-corrected chi connectivity index (χ2v) is 7.00. The van der Waals surface area contributed by atoms with Crippen molar-refractivity contribution >= 4 is 5.91 Å². The minimum atomic E-state index is -0.231. The van der Waals surface area contributed by atoms with Gasteiger partial charge in [-0.1, -0.05) is 36.8 Å². The van der Waals surface area contributed by atoms with Crippen LogP contribution in [0.25, 0.3) is 0 Å². The molecule has 0 unspecified atom stereocenters. The Morgan fingerprint density at radius 2 is 2.32 bits per heavy atom. The van der Waals surface area contributed by atoms with E-state index in [2.05, 4.69) is 46.4 Å². The maximum atomic E-state index is 12.9. The summed E-state index contributed by atoms with van der Waals surface area (Å²) in [5.74, 6) is 2.22. The van der Waals surface area contributed by atoms with Crippen LogP contribution in [0.15, 0.2) is 24.3 Å². The van der Waals surface area contributed by atoms with Crippen molar-refractivity contribution in [2.75, 3.05) is 19.7 Å². The van der Waals surface area contributed by atoms with Gasteiger partial charge < -0.3 is 9.64 Å². The van der Waals surface area contributed by atoms with Crippen molar-refractivity contribution in [2.45, 2.75) is 38.7 Å². The van der Waals surface area contributed by atoms with Crippen LogP contribution in [0.3, 0.4) is 0 Å². The van der Waals surface area contributed by atoms with E-state index in [4.69, 9.17) is 4.74 Å². The Hall–Kier alpha value is -2.21. The minimum Gasteiger partial charge on any atom is -0.366 e. The van der Waals surface area contributed by atoms with E-state index in [9.17, 15) is 4.79 Å². The molecule has 3 atom stereocenters. The molecule has 0 radical (unpaired) electrons. The highest BCUT2D eigenvalue weighted by Gasteiger charge is 2.46. The van der Waals surface area contributed by atoms with Crippen LogP contribution < -0.4 is 0 Å². The Morgan fingerprint density at radius 3 is 3.08 bits per heavy atom. The standard InChI is InChI=1S/C19H24N4O2/c1-3-17-20-18(22-21-17)16-11-23(7-8-25-16)19(24)15-10-14(15)13-6-4-5-12(2)9-13/h4-6,9,14-16H,3,7-8,10-11H2,1-2H3,(H,20,21,22)/t14-,15+,16-/m0/s1. The lowest BCUT2D eigenvalue weighted by atomic mass is 10.1. The summed E-state index contributed by atoms with van der Waals surface area (Å²) in [5.41, 5.74) is 2.53. The number of nitrogens with zero attached hydrogens (tertiary/aromatic N) is 3. The average Bonchev–Trinajstić information content (AvgIpc) is 3.30. The fourth-order valence-corrected chi connectivity index (χ4v) is 3.59. The number of amides is 1. The molecule has 2 heterocycles. The quantitative estimate of drug-likeness (QED) is 0.928. The summed E-state index contributed by atoms with van der Waals surface area (Å²) in [6.45, 7) is 5.85. The Balaban J connectivity index is 1.41. The molecule has 0 spiro atoms. The molecule has 4 rings (SSSR count). The SMILES string of the molecule is CCc1nc([C@@H]2CN(C(=O)[C@@H]3C[C@H]3c3cccc(C)c3)CCO2)n[nH]1. The molecule has 132 valence electrons. The van der Waals surface area contributed by atoms with Gasteiger partial charge in [0.05, 0.1) is 13.2 Å². The van der Waals surface area contributed by atoms with Gasteiger partial charge in [-0.3, -0.25) is 9.89 Å². The molecule has 1 aliphatic carbocycles. The molecular formula is C19H24N4O2. The Labute approximate surface area is 147 Å². The van der Waals surface area contributed by atoms with Gasteiger partial charge in [0.2, 0.25) is 5.91 Å². The zero-order chi connectivity index (χ0) is 17.4. The third-order valence-corrected chi connectivity index (χ3v) is 5.13. The first-order valence-electron chi connectivity index (χ1n) is 9.04. The van der Waals surface area contributed by atoms with Gasteiger partial charge in [-0.25, -0.2) is 4.98 Å². The van der Waals surface area contributed by atoms with Crippen LogP contribution in [0, 0.1) is 12.8 Å². The van der Waals surface area contributed by atoms with Gasteiger partial charge >= 0.3 is 0 Å². The second kappa shape index (κ2) is 6.59. The molecule has 6 heteroatoms. The molecule has 0 bridgehead atoms. The molecule has 1 aliphatic heterocycles. The molecule has 1 aromatic heterocycles. The van der Waals surface area contributed by atoms with E-state index < -0.39 is 0 Å². The van der Waals surface area contributed by atoms with Crippen molar-refractivity contribution in [1.82, 2.24) is 20.1 Å². The first kappa shape index (κ1) is 16.3. The number of H-pyrrole nitrogens is 1. The van der Waals surface area contributed by atoms with Crippen LogP contribution in [0.5, 0.6) is 0 Å². The van der Waals surface area contributed by atoms with Crippen LogP contribution in [-0.2, 0) is 16.0 Å². The summed E-state index contributed by atoms with van der Waals surface area (Å²) in [6, 6.07) is 8.49. The molecule has 1 saturated heterocycles. The van der Waals surface area contributed by atoms with Gasteiger partial charge in [-0.05, 0) is 24.8 Å². The summed E-state index contributed by atoms with van der Waals surface area (Å²) in [7, 11) is 0. The fraction of sp³-hybridized carbons (Fsp3) is 0.526. The molecule has 1 saturated carbocycles. The summed E-state index contributed by atoms with van der Waals surface area (Å²) in [4.78, 5) is 19.3. The average molecular weight is 340 g/mol. The highest BCUT2D eigenvalue weighted by molar-refractivity contribution is 5.83. The Kier molecular flexibility index (Phi) is 4.29. The number of rotatable bonds is 4. The zero-order valence-corrected chi connectivity index (χ0v) is 14.7. The van der Waals surface area contributed by atoms with Crippen molar-refractivity contribution in [3.8, 4) is 0 Å². The zero-order valence-electron chi connectivity index (χ0n) is 14.7. The summed E-state index contributed by atoms with van der Waals surface area (Å²) in [6.07, 6.45) is 1.53. The van der Waals surface area contributed by atoms with Crippen molar-refractivity contribution in [1.29, 1.82) is 0 Å². The third-order valence-electron chi connectivity index (χ3n) is 5.13. The predicted molar refractivity (Wildman–Crippen MR) is 93.1 cm³/mol. The lowest BCUT2D eigenvalue weighted by Crippen LogP contribution is -2.43. The largest absolute Gasteiger partial charge is 0.366 e. The molecule has 2 aliphatic rings. The number of aromatic nitrogens is 3. The van der Waals surface area contributed by atoms with E-state index in [0.717, 1.165) is 18.7 Å². The Bertz CT molecular complexity index is 772. The number of carbonyl (C=O) groups excluding carboxylic acids is 1. The van der Waals surface area contributed by atoms with Crippen LogP contribution in [0.1, 0.15) is 48.1 Å². The van der Waals surface area contributed by atoms with Crippen molar-refractivity contribution in [3.63, 3.8) is 0 Å². The maximum absolute atomic E-state index is 12.9. The smallest absolute Gasteiger partial charge is 0.226 e. The van der Waals surface area contributed by atoms with Crippen LogP contribution in [-0.4, -0.2) is 45.7 Å². The predicted octanol–water partition coefficient (Wildman–Crippen LogP) is 2.38. The van der Waals surface area contributed by atoms with Crippen LogP contribution in [0.2, 0.25) is 0 Å². The summed E-state index contributed by atoms with van der Waals surface area (Å²) in [5, 5.41) is 7.16. The van der Waals surface area contributed by atoms with Gasteiger partial charge in [-0.2, -0.15) is 5.10 Å². The van der Waals surface area contributed by atoms with Gasteiger partial charge in [-0.15, -0.1) is 0 Å². The molecule has 6 nitrogen and oxygen atoms in total. The molecule has 2 aromatic rings. The van der Waals surface area contributed by atoms with Crippen molar-refractivity contribution < 1.29 is 9.53 Å². The van der Waals surface area contributed by atoms with Gasteiger partial charge in [0, 0.05) is 18.9 Å². The number of nitrogens with one attached hydrogen (secondary N) is 1. The second-order valence-electron chi connectivity index (χ2n) is 7.00. The van der Waals surface area contributed by atoms with E-state index in [1.165, 1.54) is 11.1 Å². The number of carbonyl (C=O) groups is 1. The van der Waals surface area contributed by atoms with Gasteiger partial charge in [0.25, 0.3) is 0 Å². The molecule has 1 amide bonds. The summed E-state index contributed by atoms with van der Waals surface area (Å²) >= 11 is 0. The van der Waals surface area contributed by atoms with E-state index in [0.29, 0.717) is 31.4 Å². The molecule has 2 fully saturated rings. The number of hydrogen-bond acceptors (Lipinski definition) is 4. The van der Waals surface area contributed by atoms with Crippen molar-refractivity contribution in [3.05, 3.63) is 47.0 Å². The lowest BCUT2D eigenvalue weighted by molar-refractivity contribution is -0.140. The highest BCUT2D eigenvalue weighted by atomic mass is 16.5. The van der Waals surface area contributed by atoms with Gasteiger partial charge in [0.1, 0.15) is 11.9 Å². The molecule has 1 aromatic carbocycles. The monoisotopic (exact) mass is 340 g/mol. The van der Waals surface area contributed by atoms with Crippen LogP contribution in [0.4, 0.5) is 0 Å². The first-order valence-corrected chi connectivity index (χ1v) is 9.04. The highest BCUT2D eigenvalue weighted by Crippen LogP contribution is 2.48. The lowest BCUT2D eigenvalue weighted by Gasteiger charge is -2.32. The van der Waals surface area contributed by atoms with E-state index in [1.54, 1.807) is 0 Å². The number of ether oxygens (including phenoxy) is 1. The fourth-order valence-electron chi connectivity index (χ4n) is 3.59. The Morgan fingerprint density at radius 1 is 1.44 bits per heavy atom. The number of aryl methyl sites for hydroxylation is 2. The summed E-state index contributed by atoms with van der Waals surface area (Å²) < 4.78 is 5.79. The number of hydrogen-bond donors (Lipinski definition) is 1. The van der Waals surface area contributed by atoms with Crippen LogP contribution >= 0.6 is 0 Å². The maximum Gasteiger partial charge on any atom is 0.226 e. The number of benzene rings is 1. The van der Waals surface area contributed by atoms with Gasteiger partial charge in [0.15, 0.2) is 5.82 Å². The van der Waals surface area contributed by atoms with E-state index in [-0.39, 0.29) is 17.9 Å². The van der Waals surface area contributed by atoms with E-state index >= 15 is 0 Å². The van der Waals surface area contributed by atoms with Crippen molar-refractivity contribution in [2.24, 2.45) is 5.92 Å². The number of aromatic amines is 1. The molecule has 1 N–H and O–H groups in total. The van der Waals surface area contributed by atoms with E-state index in [1.807, 2.05) is 11.8 Å². The topological polar surface area (TPSA) is 71.1 Å². The number of morpholine rings is 1. The third kappa shape index (κ3) is 3.31. The molecule has 25 heavy (non-hydrogen) atoms. The first-order chi connectivity index (χ1) is 12.2.